The standard InChI is InChI=1S/C12H17NO/c1-4-10-11-8(12(2,3)14-10)6-5-7-9(11)13/h5-7,10H,4,13H2,1-3H3/t10-/m0/s1. The average Bonchev–Trinajstić information content (AvgIpc) is 2.40. The van der Waals surface area contributed by atoms with Gasteiger partial charge in [-0.3, -0.25) is 0 Å². The van der Waals surface area contributed by atoms with Gasteiger partial charge in [0.15, 0.2) is 0 Å². The minimum absolute atomic E-state index is 0.168. The zero-order valence-corrected chi connectivity index (χ0v) is 9.00. The predicted molar refractivity (Wildman–Crippen MR) is 58.0 cm³/mol. The van der Waals surface area contributed by atoms with E-state index in [4.69, 9.17) is 10.5 Å². The second-order valence-corrected chi connectivity index (χ2v) is 4.33. The molecule has 1 heterocycles. The van der Waals surface area contributed by atoms with Crippen LogP contribution in [0.5, 0.6) is 0 Å². The number of ether oxygens (including phenoxy) is 1. The molecule has 0 amide bonds. The summed E-state index contributed by atoms with van der Waals surface area (Å²) in [6.45, 7) is 6.32. The lowest BCUT2D eigenvalue weighted by Gasteiger charge is -2.19. The maximum absolute atomic E-state index is 5.98. The van der Waals surface area contributed by atoms with Gasteiger partial charge in [-0.1, -0.05) is 19.1 Å². The lowest BCUT2D eigenvalue weighted by Crippen LogP contribution is -2.15. The summed E-state index contributed by atoms with van der Waals surface area (Å²) in [5.74, 6) is 0. The Morgan fingerprint density at radius 1 is 1.43 bits per heavy atom. The fourth-order valence-electron chi connectivity index (χ4n) is 2.23. The van der Waals surface area contributed by atoms with Gasteiger partial charge in [0, 0.05) is 11.3 Å². The maximum atomic E-state index is 5.98. The molecular weight excluding hydrogens is 174 g/mol. The lowest BCUT2D eigenvalue weighted by molar-refractivity contribution is -0.0530. The fraction of sp³-hybridized carbons (Fsp3) is 0.500. The van der Waals surface area contributed by atoms with Crippen molar-refractivity contribution in [2.24, 2.45) is 0 Å². The van der Waals surface area contributed by atoms with Gasteiger partial charge in [0.25, 0.3) is 0 Å². The van der Waals surface area contributed by atoms with Gasteiger partial charge in [0.1, 0.15) is 0 Å². The van der Waals surface area contributed by atoms with Crippen LogP contribution < -0.4 is 5.73 Å². The SMILES string of the molecule is CC[C@@H]1OC(C)(C)c2cccc(N)c21. The van der Waals surface area contributed by atoms with Gasteiger partial charge in [-0.05, 0) is 31.9 Å². The van der Waals surface area contributed by atoms with Crippen LogP contribution >= 0.6 is 0 Å². The molecule has 0 spiro atoms. The molecule has 14 heavy (non-hydrogen) atoms. The Morgan fingerprint density at radius 2 is 2.14 bits per heavy atom. The zero-order chi connectivity index (χ0) is 10.3. The third-order valence-corrected chi connectivity index (χ3v) is 2.92. The van der Waals surface area contributed by atoms with Gasteiger partial charge in [0.05, 0.1) is 11.7 Å². The molecule has 1 aliphatic rings. The number of anilines is 1. The largest absolute Gasteiger partial charge is 0.398 e. The Hall–Kier alpha value is -1.02. The third-order valence-electron chi connectivity index (χ3n) is 2.92. The fourth-order valence-corrected chi connectivity index (χ4v) is 2.23. The maximum Gasteiger partial charge on any atom is 0.0888 e. The number of nitrogen functional groups attached to an aromatic ring is 1. The first-order valence-corrected chi connectivity index (χ1v) is 5.13. The monoisotopic (exact) mass is 191 g/mol. The van der Waals surface area contributed by atoms with Crippen molar-refractivity contribution in [3.63, 3.8) is 0 Å². The van der Waals surface area contributed by atoms with Crippen LogP contribution in [0.2, 0.25) is 0 Å². The summed E-state index contributed by atoms with van der Waals surface area (Å²) in [5, 5.41) is 0. The van der Waals surface area contributed by atoms with E-state index >= 15 is 0 Å². The van der Waals surface area contributed by atoms with Gasteiger partial charge in [-0.15, -0.1) is 0 Å². The number of fused-ring (bicyclic) bond motifs is 1. The van der Waals surface area contributed by atoms with E-state index in [9.17, 15) is 0 Å². The van der Waals surface area contributed by atoms with E-state index in [1.54, 1.807) is 0 Å². The number of nitrogens with two attached hydrogens (primary N) is 1. The van der Waals surface area contributed by atoms with Crippen molar-refractivity contribution in [2.75, 3.05) is 5.73 Å². The van der Waals surface area contributed by atoms with E-state index in [2.05, 4.69) is 26.8 Å². The first-order valence-electron chi connectivity index (χ1n) is 5.13. The van der Waals surface area contributed by atoms with E-state index in [0.29, 0.717) is 0 Å². The Kier molecular flexibility index (Phi) is 2.04. The average molecular weight is 191 g/mol. The zero-order valence-electron chi connectivity index (χ0n) is 9.00. The second-order valence-electron chi connectivity index (χ2n) is 4.33. The summed E-state index contributed by atoms with van der Waals surface area (Å²) >= 11 is 0. The van der Waals surface area contributed by atoms with Crippen molar-refractivity contribution in [3.05, 3.63) is 29.3 Å². The van der Waals surface area contributed by atoms with Gasteiger partial charge in [-0.25, -0.2) is 0 Å². The van der Waals surface area contributed by atoms with Crippen LogP contribution in [0.4, 0.5) is 5.69 Å². The molecule has 0 bridgehead atoms. The molecule has 2 nitrogen and oxygen atoms in total. The highest BCUT2D eigenvalue weighted by Gasteiger charge is 2.37. The number of hydrogen-bond donors (Lipinski definition) is 1. The Labute approximate surface area is 85.1 Å². The summed E-state index contributed by atoms with van der Waals surface area (Å²) < 4.78 is 5.97. The molecule has 0 aromatic heterocycles. The summed E-state index contributed by atoms with van der Waals surface area (Å²) in [7, 11) is 0. The molecule has 2 rings (SSSR count). The molecule has 1 aliphatic heterocycles. The minimum atomic E-state index is -0.189. The summed E-state index contributed by atoms with van der Waals surface area (Å²) in [4.78, 5) is 0. The Balaban J connectivity index is 2.59. The number of benzene rings is 1. The van der Waals surface area contributed by atoms with Crippen molar-refractivity contribution in [1.29, 1.82) is 0 Å². The molecule has 76 valence electrons. The van der Waals surface area contributed by atoms with E-state index in [1.807, 2.05) is 12.1 Å². The lowest BCUT2D eigenvalue weighted by atomic mass is 9.93. The van der Waals surface area contributed by atoms with E-state index < -0.39 is 0 Å². The van der Waals surface area contributed by atoms with Crippen molar-refractivity contribution in [1.82, 2.24) is 0 Å². The van der Waals surface area contributed by atoms with Gasteiger partial charge in [0.2, 0.25) is 0 Å². The molecule has 1 aromatic rings. The number of rotatable bonds is 1. The summed E-state index contributed by atoms with van der Waals surface area (Å²) in [5.41, 5.74) is 9.09. The molecule has 1 aromatic carbocycles. The van der Waals surface area contributed by atoms with Crippen LogP contribution in [-0.2, 0) is 10.3 Å². The highest BCUT2D eigenvalue weighted by Crippen LogP contribution is 2.46. The van der Waals surface area contributed by atoms with Crippen molar-refractivity contribution < 1.29 is 4.74 Å². The van der Waals surface area contributed by atoms with Gasteiger partial charge >= 0.3 is 0 Å². The molecule has 0 aliphatic carbocycles. The van der Waals surface area contributed by atoms with Crippen molar-refractivity contribution in [3.8, 4) is 0 Å². The number of hydrogen-bond acceptors (Lipinski definition) is 2. The molecule has 1 atom stereocenters. The van der Waals surface area contributed by atoms with Gasteiger partial charge < -0.3 is 10.5 Å². The highest BCUT2D eigenvalue weighted by molar-refractivity contribution is 5.55. The normalized spacial score (nSPS) is 23.5. The predicted octanol–water partition coefficient (Wildman–Crippen LogP) is 2.99. The smallest absolute Gasteiger partial charge is 0.0888 e. The van der Waals surface area contributed by atoms with Crippen molar-refractivity contribution in [2.45, 2.75) is 38.9 Å². The quantitative estimate of drug-likeness (QED) is 0.692. The molecule has 0 fully saturated rings. The molecule has 0 unspecified atom stereocenters. The first kappa shape index (κ1) is 9.53. The molecule has 0 saturated carbocycles. The first-order chi connectivity index (χ1) is 6.56. The molecular formula is C12H17NO. The van der Waals surface area contributed by atoms with E-state index in [1.165, 1.54) is 11.1 Å². The summed E-state index contributed by atoms with van der Waals surface area (Å²) in [6.07, 6.45) is 1.14. The molecule has 0 radical (unpaired) electrons. The topological polar surface area (TPSA) is 35.2 Å². The van der Waals surface area contributed by atoms with Crippen LogP contribution in [0.3, 0.4) is 0 Å². The van der Waals surface area contributed by atoms with E-state index in [-0.39, 0.29) is 11.7 Å². The summed E-state index contributed by atoms with van der Waals surface area (Å²) in [6, 6.07) is 6.06. The molecule has 0 saturated heterocycles. The van der Waals surface area contributed by atoms with E-state index in [0.717, 1.165) is 12.1 Å². The van der Waals surface area contributed by atoms with Gasteiger partial charge in [-0.2, -0.15) is 0 Å². The highest BCUT2D eigenvalue weighted by atomic mass is 16.5. The van der Waals surface area contributed by atoms with Crippen molar-refractivity contribution >= 4 is 5.69 Å². The minimum Gasteiger partial charge on any atom is -0.398 e. The second kappa shape index (κ2) is 2.99. The molecule has 2 heteroatoms. The Bertz CT molecular complexity index is 357. The van der Waals surface area contributed by atoms with Crippen LogP contribution in [-0.4, -0.2) is 0 Å². The third kappa shape index (κ3) is 1.22. The van der Waals surface area contributed by atoms with Crippen LogP contribution in [0, 0.1) is 0 Å². The van der Waals surface area contributed by atoms with Crippen LogP contribution in [0.15, 0.2) is 18.2 Å². The van der Waals surface area contributed by atoms with Crippen LogP contribution in [0.25, 0.3) is 0 Å². The molecule has 2 N–H and O–H groups in total. The Morgan fingerprint density at radius 3 is 2.79 bits per heavy atom. The van der Waals surface area contributed by atoms with Crippen LogP contribution in [0.1, 0.15) is 44.4 Å².